The third-order valence-electron chi connectivity index (χ3n) is 5.89. The number of alkyl halides is 2. The van der Waals surface area contributed by atoms with Crippen LogP contribution in [0.3, 0.4) is 0 Å². The number of halogens is 2. The molecule has 1 aliphatic rings. The van der Waals surface area contributed by atoms with E-state index >= 15 is 0 Å². The van der Waals surface area contributed by atoms with Gasteiger partial charge in [-0.05, 0) is 48.4 Å². The van der Waals surface area contributed by atoms with Gasteiger partial charge in [0.2, 0.25) is 5.95 Å². The number of benzene rings is 1. The molecular weight excluding hydrogens is 454 g/mol. The van der Waals surface area contributed by atoms with Gasteiger partial charge >= 0.3 is 0 Å². The molecule has 5 rings (SSSR count). The Morgan fingerprint density at radius 3 is 2.53 bits per heavy atom. The fourth-order valence-corrected chi connectivity index (χ4v) is 4.17. The summed E-state index contributed by atoms with van der Waals surface area (Å²) in [5.74, 6) is 0.0666. The van der Waals surface area contributed by atoms with E-state index in [0.29, 0.717) is 22.2 Å². The fourth-order valence-electron chi connectivity index (χ4n) is 4.02. The predicted octanol–water partition coefficient (Wildman–Crippen LogP) is 3.65. The molecule has 0 saturated heterocycles. The topological polar surface area (TPSA) is 86.9 Å². The summed E-state index contributed by atoms with van der Waals surface area (Å²) >= 11 is 4.17. The zero-order valence-corrected chi connectivity index (χ0v) is 20.0. The van der Waals surface area contributed by atoms with Gasteiger partial charge in [-0.2, -0.15) is 12.6 Å². The van der Waals surface area contributed by atoms with Crippen molar-refractivity contribution >= 4 is 50.8 Å². The monoisotopic (exact) mass is 479 g/mol. The molecule has 1 aromatic carbocycles. The van der Waals surface area contributed by atoms with E-state index in [2.05, 4.69) is 46.9 Å². The van der Waals surface area contributed by atoms with E-state index in [1.807, 2.05) is 12.1 Å². The summed E-state index contributed by atoms with van der Waals surface area (Å²) in [4.78, 5) is 4.26. The van der Waals surface area contributed by atoms with E-state index < -0.39 is 17.5 Å². The molecule has 12 heteroatoms. The van der Waals surface area contributed by atoms with E-state index in [0.717, 1.165) is 16.5 Å². The van der Waals surface area contributed by atoms with Crippen LogP contribution in [-0.4, -0.2) is 56.3 Å². The Morgan fingerprint density at radius 2 is 1.94 bits per heavy atom. The molecule has 0 unspecified atom stereocenters. The summed E-state index contributed by atoms with van der Waals surface area (Å²) in [5, 5.41) is 11.9. The van der Waals surface area contributed by atoms with Gasteiger partial charge in [-0.15, -0.1) is 10.2 Å². The maximum absolute atomic E-state index is 12.8. The van der Waals surface area contributed by atoms with Crippen LogP contribution < -0.4 is 5.73 Å². The average Bonchev–Trinajstić information content (AvgIpc) is 3.30. The SMILES string of the molecule is CC1(C)CCC1.[B]C([B])(S)Cc1nc(N)nn2ccc(-c3ccc4nnn(CC(F)F)c4c3)c12. The molecule has 0 bridgehead atoms. The molecule has 34 heavy (non-hydrogen) atoms. The molecule has 7 nitrogen and oxygen atoms in total. The summed E-state index contributed by atoms with van der Waals surface area (Å²) in [6.07, 6.45) is 3.69. The van der Waals surface area contributed by atoms with Crippen LogP contribution in [0.15, 0.2) is 30.5 Å². The number of nitrogens with zero attached hydrogens (tertiary/aromatic N) is 6. The van der Waals surface area contributed by atoms with Gasteiger partial charge in [0.05, 0.1) is 32.4 Å². The maximum Gasteiger partial charge on any atom is 0.258 e. The maximum atomic E-state index is 12.8. The molecule has 0 atom stereocenters. The van der Waals surface area contributed by atoms with E-state index in [9.17, 15) is 8.78 Å². The lowest BCUT2D eigenvalue weighted by Crippen LogP contribution is -2.26. The number of fused-ring (bicyclic) bond motifs is 2. The highest BCUT2D eigenvalue weighted by Crippen LogP contribution is 2.39. The number of aromatic nitrogens is 6. The van der Waals surface area contributed by atoms with Crippen LogP contribution in [0.25, 0.3) is 27.7 Å². The normalized spacial score (nSPS) is 15.4. The van der Waals surface area contributed by atoms with Gasteiger partial charge in [-0.25, -0.2) is 23.0 Å². The summed E-state index contributed by atoms with van der Waals surface area (Å²) in [6.45, 7) is 4.12. The van der Waals surface area contributed by atoms with Crippen LogP contribution in [0.1, 0.15) is 38.8 Å². The number of anilines is 1. The van der Waals surface area contributed by atoms with Crippen molar-refractivity contribution in [3.05, 3.63) is 36.2 Å². The summed E-state index contributed by atoms with van der Waals surface area (Å²) in [6, 6.07) is 7.10. The molecule has 3 heterocycles. The number of thiol groups is 1. The van der Waals surface area contributed by atoms with Crippen LogP contribution in [0.4, 0.5) is 14.7 Å². The molecule has 2 N–H and O–H groups in total. The van der Waals surface area contributed by atoms with Gasteiger partial charge in [-0.1, -0.05) is 36.1 Å². The zero-order valence-electron chi connectivity index (χ0n) is 19.1. The Labute approximate surface area is 204 Å². The zero-order chi connectivity index (χ0) is 24.7. The van der Waals surface area contributed by atoms with Crippen LogP contribution >= 0.6 is 12.6 Å². The van der Waals surface area contributed by atoms with E-state index in [-0.39, 0.29) is 12.4 Å². The van der Waals surface area contributed by atoms with E-state index in [1.54, 1.807) is 22.8 Å². The van der Waals surface area contributed by atoms with Gasteiger partial charge < -0.3 is 5.73 Å². The lowest BCUT2D eigenvalue weighted by Gasteiger charge is -2.33. The third-order valence-corrected chi connectivity index (χ3v) is 6.05. The molecular formula is C22H25B2F2N7S. The minimum Gasteiger partial charge on any atom is -0.367 e. The Balaban J connectivity index is 0.000000398. The summed E-state index contributed by atoms with van der Waals surface area (Å²) in [5.41, 5.74) is 10.2. The Kier molecular flexibility index (Phi) is 6.63. The van der Waals surface area contributed by atoms with Crippen LogP contribution in [-0.2, 0) is 13.0 Å². The average molecular weight is 479 g/mol. The largest absolute Gasteiger partial charge is 0.367 e. The first-order valence-corrected chi connectivity index (χ1v) is 11.4. The van der Waals surface area contributed by atoms with Crippen molar-refractivity contribution in [1.29, 1.82) is 0 Å². The van der Waals surface area contributed by atoms with E-state index in [1.165, 1.54) is 23.9 Å². The van der Waals surface area contributed by atoms with E-state index in [4.69, 9.17) is 21.4 Å². The Morgan fingerprint density at radius 1 is 1.24 bits per heavy atom. The molecule has 4 aromatic rings. The second-order valence-corrected chi connectivity index (χ2v) is 10.3. The van der Waals surface area contributed by atoms with Crippen molar-refractivity contribution in [1.82, 2.24) is 29.6 Å². The summed E-state index contributed by atoms with van der Waals surface area (Å²) < 4.78 is 27.1. The number of nitrogen functional groups attached to an aromatic ring is 1. The van der Waals surface area contributed by atoms with Crippen LogP contribution in [0.5, 0.6) is 0 Å². The first-order valence-electron chi connectivity index (χ1n) is 11.0. The van der Waals surface area contributed by atoms with Crippen molar-refractivity contribution in [2.24, 2.45) is 5.41 Å². The molecule has 0 spiro atoms. The molecule has 1 saturated carbocycles. The molecule has 0 aliphatic heterocycles. The second-order valence-electron chi connectivity index (χ2n) is 9.49. The number of hydrogen-bond acceptors (Lipinski definition) is 6. The highest BCUT2D eigenvalue weighted by Gasteiger charge is 2.25. The summed E-state index contributed by atoms with van der Waals surface area (Å²) in [7, 11) is 11.7. The van der Waals surface area contributed by atoms with Crippen LogP contribution in [0.2, 0.25) is 0 Å². The third kappa shape index (κ3) is 5.54. The van der Waals surface area contributed by atoms with Crippen molar-refractivity contribution in [2.45, 2.75) is 57.0 Å². The molecule has 4 radical (unpaired) electrons. The van der Waals surface area contributed by atoms with Crippen LogP contribution in [0, 0.1) is 5.41 Å². The first kappa shape index (κ1) is 24.5. The van der Waals surface area contributed by atoms with Gasteiger partial charge in [0, 0.05) is 11.8 Å². The van der Waals surface area contributed by atoms with Gasteiger partial charge in [-0.3, -0.25) is 0 Å². The van der Waals surface area contributed by atoms with Gasteiger partial charge in [0.1, 0.15) is 12.1 Å². The Hall–Kier alpha value is -2.62. The molecule has 3 aromatic heterocycles. The van der Waals surface area contributed by atoms with Crippen molar-refractivity contribution < 1.29 is 8.78 Å². The van der Waals surface area contributed by atoms with Gasteiger partial charge in [0.25, 0.3) is 6.43 Å². The number of nitrogens with two attached hydrogens (primary N) is 1. The lowest BCUT2D eigenvalue weighted by atomic mass is 9.67. The van der Waals surface area contributed by atoms with Gasteiger partial charge in [0.15, 0.2) is 0 Å². The molecule has 1 aliphatic carbocycles. The molecule has 174 valence electrons. The van der Waals surface area contributed by atoms with Crippen molar-refractivity contribution in [3.63, 3.8) is 0 Å². The lowest BCUT2D eigenvalue weighted by molar-refractivity contribution is 0.122. The molecule has 1 fully saturated rings. The first-order chi connectivity index (χ1) is 15.9. The second kappa shape index (κ2) is 9.20. The quantitative estimate of drug-likeness (QED) is 0.337. The number of hydrogen-bond donors (Lipinski definition) is 2. The highest BCUT2D eigenvalue weighted by molar-refractivity contribution is 7.84. The van der Waals surface area contributed by atoms with Crippen molar-refractivity contribution in [2.75, 3.05) is 5.73 Å². The fraction of sp³-hybridized carbons (Fsp3) is 0.455. The number of rotatable bonds is 5. The molecule has 0 amide bonds. The van der Waals surface area contributed by atoms with Crippen molar-refractivity contribution in [3.8, 4) is 11.1 Å². The minimum absolute atomic E-state index is 0.0666. The predicted molar refractivity (Wildman–Crippen MR) is 134 cm³/mol. The Bertz CT molecular complexity index is 1310. The smallest absolute Gasteiger partial charge is 0.258 e. The standard InChI is InChI=1S/C16H13B2F2N7S.C6H12/c17-16(18,28)6-11-14-9(3-4-26(14)24-15(21)22-11)8-1-2-10-12(5-8)27(25-23-10)7-13(19)20;1-6(2)4-3-5-6/h1-5,13,28H,6-7H2,(H2,21,24);3-5H2,1-2H3. The highest BCUT2D eigenvalue weighted by atomic mass is 32.1. The minimum atomic E-state index is -2.54.